The molecule has 0 saturated carbocycles. The van der Waals surface area contributed by atoms with E-state index < -0.39 is 0 Å². The SMILES string of the molecule is CCOc1cc(C(=O)C(Cl)=Cc2ccc3c(c2OC)OCCO3)ccc1N. The number of Topliss-reactive ketones (excluding diaryl/α,β-unsaturated/α-hetero) is 1. The highest BCUT2D eigenvalue weighted by atomic mass is 35.5. The van der Waals surface area contributed by atoms with Gasteiger partial charge in [0.1, 0.15) is 19.0 Å². The quantitative estimate of drug-likeness (QED) is 0.458. The summed E-state index contributed by atoms with van der Waals surface area (Å²) in [7, 11) is 1.52. The summed E-state index contributed by atoms with van der Waals surface area (Å²) in [5, 5.41) is 0.0252. The molecule has 0 radical (unpaired) electrons. The third-order valence-corrected chi connectivity index (χ3v) is 4.25. The van der Waals surface area contributed by atoms with Gasteiger partial charge in [-0.05, 0) is 43.3 Å². The lowest BCUT2D eigenvalue weighted by molar-refractivity contribution is 0.104. The van der Waals surface area contributed by atoms with Gasteiger partial charge in [0.05, 0.1) is 24.4 Å². The maximum absolute atomic E-state index is 12.7. The third kappa shape index (κ3) is 3.95. The molecule has 0 aliphatic carbocycles. The number of methoxy groups -OCH3 is 1. The first kappa shape index (κ1) is 18.9. The Balaban J connectivity index is 1.93. The molecule has 0 aromatic heterocycles. The van der Waals surface area contributed by atoms with Gasteiger partial charge in [-0.3, -0.25) is 4.79 Å². The molecule has 0 amide bonds. The lowest BCUT2D eigenvalue weighted by Gasteiger charge is -2.21. The summed E-state index contributed by atoms with van der Waals surface area (Å²) in [6.07, 6.45) is 1.54. The Labute approximate surface area is 162 Å². The average Bonchev–Trinajstić information content (AvgIpc) is 2.69. The molecule has 2 N–H and O–H groups in total. The minimum atomic E-state index is -0.352. The summed E-state index contributed by atoms with van der Waals surface area (Å²) >= 11 is 6.29. The topological polar surface area (TPSA) is 80.0 Å². The van der Waals surface area contributed by atoms with Crippen LogP contribution in [0.25, 0.3) is 6.08 Å². The van der Waals surface area contributed by atoms with Crippen LogP contribution >= 0.6 is 11.6 Å². The van der Waals surface area contributed by atoms with Crippen molar-refractivity contribution in [2.24, 2.45) is 0 Å². The molecule has 6 nitrogen and oxygen atoms in total. The number of carbonyl (C=O) groups excluding carboxylic acids is 1. The van der Waals surface area contributed by atoms with Gasteiger partial charge in [0.15, 0.2) is 11.5 Å². The summed E-state index contributed by atoms with van der Waals surface area (Å²) < 4.78 is 22.0. The highest BCUT2D eigenvalue weighted by Gasteiger charge is 2.21. The molecule has 142 valence electrons. The lowest BCUT2D eigenvalue weighted by atomic mass is 10.1. The molecule has 1 aliphatic rings. The smallest absolute Gasteiger partial charge is 0.204 e. The highest BCUT2D eigenvalue weighted by molar-refractivity contribution is 6.47. The van der Waals surface area contributed by atoms with Crippen LogP contribution in [0.4, 0.5) is 5.69 Å². The van der Waals surface area contributed by atoms with Crippen LogP contribution in [-0.2, 0) is 0 Å². The van der Waals surface area contributed by atoms with Gasteiger partial charge in [0.25, 0.3) is 0 Å². The molecule has 2 aromatic carbocycles. The van der Waals surface area contributed by atoms with E-state index in [1.165, 1.54) is 13.2 Å². The van der Waals surface area contributed by atoms with E-state index in [2.05, 4.69) is 0 Å². The molecule has 0 atom stereocenters. The molecule has 0 unspecified atom stereocenters. The van der Waals surface area contributed by atoms with Gasteiger partial charge in [-0.25, -0.2) is 0 Å². The molecule has 1 heterocycles. The van der Waals surface area contributed by atoms with E-state index in [0.29, 0.717) is 59.6 Å². The predicted molar refractivity (Wildman–Crippen MR) is 104 cm³/mol. The Morgan fingerprint density at radius 3 is 2.78 bits per heavy atom. The second-order valence-electron chi connectivity index (χ2n) is 5.72. The maximum Gasteiger partial charge on any atom is 0.204 e. The molecule has 0 spiro atoms. The number of ether oxygens (including phenoxy) is 4. The van der Waals surface area contributed by atoms with Gasteiger partial charge in [-0.2, -0.15) is 0 Å². The number of halogens is 1. The van der Waals surface area contributed by atoms with Gasteiger partial charge in [0.2, 0.25) is 11.5 Å². The zero-order valence-electron chi connectivity index (χ0n) is 15.1. The van der Waals surface area contributed by atoms with E-state index in [9.17, 15) is 4.79 Å². The number of carbonyl (C=O) groups is 1. The molecule has 3 rings (SSSR count). The summed E-state index contributed by atoms with van der Waals surface area (Å²) in [6.45, 7) is 3.19. The molecule has 0 fully saturated rings. The number of ketones is 1. The number of allylic oxidation sites excluding steroid dienone is 1. The summed E-state index contributed by atoms with van der Waals surface area (Å²) in [5.41, 5.74) is 7.30. The Hall–Kier alpha value is -2.86. The van der Waals surface area contributed by atoms with Crippen molar-refractivity contribution in [2.75, 3.05) is 32.7 Å². The fraction of sp³-hybridized carbons (Fsp3) is 0.250. The van der Waals surface area contributed by atoms with E-state index in [1.807, 2.05) is 6.92 Å². The molecular formula is C20H20ClNO5. The van der Waals surface area contributed by atoms with E-state index in [4.69, 9.17) is 36.3 Å². The van der Waals surface area contributed by atoms with Crippen LogP contribution in [0.5, 0.6) is 23.0 Å². The van der Waals surface area contributed by atoms with Crippen molar-refractivity contribution < 1.29 is 23.7 Å². The van der Waals surface area contributed by atoms with Gasteiger partial charge in [-0.1, -0.05) is 11.6 Å². The Kier molecular flexibility index (Phi) is 5.76. The second kappa shape index (κ2) is 8.22. The number of benzene rings is 2. The van der Waals surface area contributed by atoms with Gasteiger partial charge in [0, 0.05) is 11.1 Å². The van der Waals surface area contributed by atoms with Crippen LogP contribution in [0.1, 0.15) is 22.8 Å². The fourth-order valence-electron chi connectivity index (χ4n) is 2.73. The summed E-state index contributed by atoms with van der Waals surface area (Å²) in [6, 6.07) is 8.33. The Bertz CT molecular complexity index is 894. The summed E-state index contributed by atoms with van der Waals surface area (Å²) in [4.78, 5) is 12.7. The van der Waals surface area contributed by atoms with Crippen molar-refractivity contribution in [3.05, 3.63) is 46.5 Å². The Morgan fingerprint density at radius 1 is 1.26 bits per heavy atom. The normalized spacial score (nSPS) is 13.2. The van der Waals surface area contributed by atoms with E-state index >= 15 is 0 Å². The zero-order valence-corrected chi connectivity index (χ0v) is 15.8. The predicted octanol–water partition coefficient (Wildman–Crippen LogP) is 3.91. The molecule has 0 bridgehead atoms. The first-order valence-corrected chi connectivity index (χ1v) is 8.83. The van der Waals surface area contributed by atoms with Gasteiger partial charge >= 0.3 is 0 Å². The average molecular weight is 390 g/mol. The Morgan fingerprint density at radius 2 is 2.04 bits per heavy atom. The van der Waals surface area contributed by atoms with Crippen LogP contribution in [0.2, 0.25) is 0 Å². The lowest BCUT2D eigenvalue weighted by Crippen LogP contribution is -2.16. The monoisotopic (exact) mass is 389 g/mol. The van der Waals surface area contributed by atoms with Crippen molar-refractivity contribution in [1.29, 1.82) is 0 Å². The van der Waals surface area contributed by atoms with Crippen molar-refractivity contribution in [1.82, 2.24) is 0 Å². The van der Waals surface area contributed by atoms with Crippen LogP contribution in [0.3, 0.4) is 0 Å². The van der Waals surface area contributed by atoms with Crippen molar-refractivity contribution in [3.8, 4) is 23.0 Å². The minimum absolute atomic E-state index is 0.0252. The minimum Gasteiger partial charge on any atom is -0.492 e. The fourth-order valence-corrected chi connectivity index (χ4v) is 2.95. The first-order chi connectivity index (χ1) is 13.0. The molecular weight excluding hydrogens is 370 g/mol. The standard InChI is InChI=1S/C20H20ClNO5/c1-3-25-17-11-12(4-6-15(17)22)18(23)14(21)10-13-5-7-16-20(19(13)24-2)27-9-8-26-16/h4-7,10-11H,3,8-9,22H2,1-2H3. The highest BCUT2D eigenvalue weighted by Crippen LogP contribution is 2.42. The van der Waals surface area contributed by atoms with Crippen molar-refractivity contribution >= 4 is 29.1 Å². The number of nitrogen functional groups attached to an aromatic ring is 1. The number of anilines is 1. The second-order valence-corrected chi connectivity index (χ2v) is 6.13. The van der Waals surface area contributed by atoms with E-state index in [1.54, 1.807) is 30.3 Å². The number of rotatable bonds is 6. The molecule has 7 heteroatoms. The van der Waals surface area contributed by atoms with E-state index in [-0.39, 0.29) is 10.8 Å². The maximum atomic E-state index is 12.7. The van der Waals surface area contributed by atoms with Gasteiger partial charge < -0.3 is 24.7 Å². The summed E-state index contributed by atoms with van der Waals surface area (Å²) in [5.74, 6) is 1.66. The number of fused-ring (bicyclic) bond motifs is 1. The number of hydrogen-bond donors (Lipinski definition) is 1. The van der Waals surface area contributed by atoms with Crippen LogP contribution in [0.15, 0.2) is 35.4 Å². The van der Waals surface area contributed by atoms with Crippen molar-refractivity contribution in [3.63, 3.8) is 0 Å². The largest absolute Gasteiger partial charge is 0.492 e. The number of hydrogen-bond acceptors (Lipinski definition) is 6. The zero-order chi connectivity index (χ0) is 19.4. The van der Waals surface area contributed by atoms with Gasteiger partial charge in [-0.15, -0.1) is 0 Å². The molecule has 27 heavy (non-hydrogen) atoms. The van der Waals surface area contributed by atoms with E-state index in [0.717, 1.165) is 0 Å². The van der Waals surface area contributed by atoms with Crippen LogP contribution < -0.4 is 24.7 Å². The molecule has 1 aliphatic heterocycles. The number of nitrogens with two attached hydrogens (primary N) is 1. The molecule has 2 aromatic rings. The first-order valence-electron chi connectivity index (χ1n) is 8.46. The van der Waals surface area contributed by atoms with Crippen molar-refractivity contribution in [2.45, 2.75) is 6.92 Å². The molecule has 0 saturated heterocycles. The third-order valence-electron chi connectivity index (χ3n) is 3.97. The van der Waals surface area contributed by atoms with Crippen LogP contribution in [0, 0.1) is 0 Å². The van der Waals surface area contributed by atoms with Crippen LogP contribution in [-0.4, -0.2) is 32.7 Å².